The predicted molar refractivity (Wildman–Crippen MR) is 85.4 cm³/mol. The van der Waals surface area contributed by atoms with Gasteiger partial charge in [-0.1, -0.05) is 29.8 Å². The summed E-state index contributed by atoms with van der Waals surface area (Å²) in [7, 11) is 0. The lowest BCUT2D eigenvalue weighted by atomic mass is 10.2. The van der Waals surface area contributed by atoms with Crippen molar-refractivity contribution in [2.45, 2.75) is 6.61 Å². The average Bonchev–Trinajstić information content (AvgIpc) is 3.15. The summed E-state index contributed by atoms with van der Waals surface area (Å²) in [6.07, 6.45) is 3.52. The van der Waals surface area contributed by atoms with Crippen LogP contribution in [0.3, 0.4) is 0 Å². The normalized spacial score (nSPS) is 11.2. The molecule has 0 saturated carbocycles. The number of nitrogens with zero attached hydrogens (tertiary/aromatic N) is 3. The number of hydrogen-bond donors (Lipinski definition) is 1. The van der Waals surface area contributed by atoms with Crippen molar-refractivity contribution in [1.29, 1.82) is 0 Å². The lowest BCUT2D eigenvalue weighted by Crippen LogP contribution is -2.06. The average molecular weight is 327 g/mol. The highest BCUT2D eigenvalue weighted by molar-refractivity contribution is 6.30. The van der Waals surface area contributed by atoms with Gasteiger partial charge < -0.3 is 9.14 Å². The summed E-state index contributed by atoms with van der Waals surface area (Å²) < 4.78 is 7.10. The predicted octanol–water partition coefficient (Wildman–Crippen LogP) is 3.22. The van der Waals surface area contributed by atoms with Crippen LogP contribution in [0.2, 0.25) is 5.02 Å². The molecule has 3 heterocycles. The van der Waals surface area contributed by atoms with E-state index in [4.69, 9.17) is 16.3 Å². The van der Waals surface area contributed by atoms with Crippen molar-refractivity contribution >= 4 is 34.1 Å². The molecule has 4 aromatic rings. The Labute approximate surface area is 135 Å². The lowest BCUT2D eigenvalue weighted by Gasteiger charge is -2.00. The Kier molecular flexibility index (Phi) is 3.24. The minimum absolute atomic E-state index is 0.0688. The van der Waals surface area contributed by atoms with E-state index in [1.54, 1.807) is 28.9 Å². The van der Waals surface area contributed by atoms with Gasteiger partial charge in [0.1, 0.15) is 12.3 Å². The highest BCUT2D eigenvalue weighted by Gasteiger charge is 2.16. The van der Waals surface area contributed by atoms with E-state index in [9.17, 15) is 4.79 Å². The van der Waals surface area contributed by atoms with E-state index in [-0.39, 0.29) is 12.3 Å². The molecule has 0 radical (unpaired) electrons. The summed E-state index contributed by atoms with van der Waals surface area (Å²) in [6.45, 7) is 0.0688. The minimum atomic E-state index is -0.488. The number of ether oxygens (including phenoxy) is 1. The smallest absolute Gasteiger partial charge is 0.359 e. The zero-order chi connectivity index (χ0) is 15.8. The molecule has 23 heavy (non-hydrogen) atoms. The molecule has 0 bridgehead atoms. The first-order valence-electron chi connectivity index (χ1n) is 6.94. The van der Waals surface area contributed by atoms with Crippen molar-refractivity contribution in [2.24, 2.45) is 0 Å². The first-order valence-corrected chi connectivity index (χ1v) is 7.32. The van der Waals surface area contributed by atoms with E-state index >= 15 is 0 Å². The number of carbonyl (C=O) groups excluding carboxylic acids is 1. The van der Waals surface area contributed by atoms with Gasteiger partial charge in [-0.15, -0.1) is 0 Å². The molecule has 0 aliphatic rings. The maximum Gasteiger partial charge on any atom is 0.359 e. The maximum absolute atomic E-state index is 12.2. The van der Waals surface area contributed by atoms with Crippen LogP contribution in [0.4, 0.5) is 0 Å². The number of carbonyl (C=O) groups is 1. The number of hydrogen-bond acceptors (Lipinski definition) is 4. The molecule has 0 spiro atoms. The zero-order valence-electron chi connectivity index (χ0n) is 11.9. The summed E-state index contributed by atoms with van der Waals surface area (Å²) in [5.74, 6) is -0.488. The van der Waals surface area contributed by atoms with Crippen LogP contribution in [-0.4, -0.2) is 25.6 Å². The molecule has 0 aliphatic carbocycles. The molecular weight excluding hydrogens is 316 g/mol. The van der Waals surface area contributed by atoms with Crippen molar-refractivity contribution in [2.75, 3.05) is 0 Å². The van der Waals surface area contributed by atoms with Crippen molar-refractivity contribution in [3.63, 3.8) is 0 Å². The molecular formula is C16H11ClN4O2. The molecule has 0 fully saturated rings. The van der Waals surface area contributed by atoms with E-state index in [0.29, 0.717) is 10.7 Å². The number of esters is 1. The van der Waals surface area contributed by atoms with E-state index < -0.39 is 5.97 Å². The Balaban J connectivity index is 1.54. The van der Waals surface area contributed by atoms with Crippen LogP contribution in [0.1, 0.15) is 16.2 Å². The van der Waals surface area contributed by atoms with Crippen LogP contribution in [0.5, 0.6) is 0 Å². The van der Waals surface area contributed by atoms with Gasteiger partial charge >= 0.3 is 5.97 Å². The summed E-state index contributed by atoms with van der Waals surface area (Å²) >= 11 is 5.93. The molecule has 4 rings (SSSR count). The van der Waals surface area contributed by atoms with Crippen molar-refractivity contribution < 1.29 is 9.53 Å². The minimum Gasteiger partial charge on any atom is -0.454 e. The fourth-order valence-corrected chi connectivity index (χ4v) is 2.58. The molecule has 1 N–H and O–H groups in total. The molecule has 0 unspecified atom stereocenters. The maximum atomic E-state index is 12.2. The van der Waals surface area contributed by atoms with Crippen LogP contribution in [0.25, 0.3) is 16.6 Å². The highest BCUT2D eigenvalue weighted by Crippen LogP contribution is 2.17. The van der Waals surface area contributed by atoms with Crippen LogP contribution in [0.15, 0.2) is 48.8 Å². The molecule has 0 atom stereocenters. The van der Waals surface area contributed by atoms with Crippen molar-refractivity contribution in [3.05, 3.63) is 65.2 Å². The molecule has 7 heteroatoms. The molecule has 0 aliphatic heterocycles. The second-order valence-corrected chi connectivity index (χ2v) is 5.48. The van der Waals surface area contributed by atoms with E-state index in [2.05, 4.69) is 15.2 Å². The number of benzene rings is 1. The molecule has 114 valence electrons. The van der Waals surface area contributed by atoms with Gasteiger partial charge in [-0.2, -0.15) is 5.10 Å². The summed E-state index contributed by atoms with van der Waals surface area (Å²) in [4.78, 5) is 16.6. The Morgan fingerprint density at radius 1 is 1.22 bits per heavy atom. The Bertz CT molecular complexity index is 1020. The number of imidazole rings is 1. The first-order chi connectivity index (χ1) is 11.2. The number of halogens is 1. The summed E-state index contributed by atoms with van der Waals surface area (Å²) in [5, 5.41) is 8.18. The van der Waals surface area contributed by atoms with E-state index in [1.165, 1.54) is 0 Å². The highest BCUT2D eigenvalue weighted by atomic mass is 35.5. The quantitative estimate of drug-likeness (QED) is 0.587. The van der Waals surface area contributed by atoms with Crippen LogP contribution < -0.4 is 0 Å². The van der Waals surface area contributed by atoms with Crippen LogP contribution in [-0.2, 0) is 11.3 Å². The third-order valence-electron chi connectivity index (χ3n) is 3.48. The number of H-pyrrole nitrogens is 1. The van der Waals surface area contributed by atoms with Gasteiger partial charge in [0.05, 0.1) is 16.2 Å². The van der Waals surface area contributed by atoms with E-state index in [0.717, 1.165) is 16.6 Å². The summed E-state index contributed by atoms with van der Waals surface area (Å²) in [5.41, 5.74) is 2.44. The largest absolute Gasteiger partial charge is 0.454 e. The lowest BCUT2D eigenvalue weighted by molar-refractivity contribution is 0.0463. The Morgan fingerprint density at radius 2 is 2.09 bits per heavy atom. The van der Waals surface area contributed by atoms with Crippen LogP contribution in [0, 0.1) is 0 Å². The fraction of sp³-hybridized carbons (Fsp3) is 0.0625. The number of para-hydroxylation sites is 1. The van der Waals surface area contributed by atoms with E-state index in [1.807, 2.05) is 24.3 Å². The van der Waals surface area contributed by atoms with Gasteiger partial charge in [0.25, 0.3) is 0 Å². The molecule has 3 aromatic heterocycles. The molecule has 6 nitrogen and oxygen atoms in total. The van der Waals surface area contributed by atoms with Gasteiger partial charge in [0.2, 0.25) is 0 Å². The third kappa shape index (κ3) is 2.53. The van der Waals surface area contributed by atoms with Crippen molar-refractivity contribution in [1.82, 2.24) is 19.6 Å². The van der Waals surface area contributed by atoms with Gasteiger partial charge in [-0.3, -0.25) is 5.10 Å². The fourth-order valence-electron chi connectivity index (χ4n) is 2.41. The Morgan fingerprint density at radius 3 is 3.00 bits per heavy atom. The SMILES string of the molecule is O=C(OCc1cn2cc(Cl)ccc2n1)c1n[nH]c2ccccc12. The standard InChI is InChI=1S/C16H11ClN4O2/c17-10-5-6-14-18-11(8-21(14)7-10)9-23-16(22)15-12-3-1-2-4-13(12)19-20-15/h1-8H,9H2,(H,19,20). The second kappa shape index (κ2) is 5.40. The number of nitrogens with one attached hydrogen (secondary N) is 1. The second-order valence-electron chi connectivity index (χ2n) is 5.04. The number of rotatable bonds is 3. The Hall–Kier alpha value is -2.86. The molecule has 1 aromatic carbocycles. The van der Waals surface area contributed by atoms with Gasteiger partial charge in [0.15, 0.2) is 5.69 Å². The topological polar surface area (TPSA) is 72.3 Å². The van der Waals surface area contributed by atoms with Crippen molar-refractivity contribution in [3.8, 4) is 0 Å². The number of aromatic amines is 1. The molecule has 0 amide bonds. The monoisotopic (exact) mass is 326 g/mol. The van der Waals surface area contributed by atoms with Gasteiger partial charge in [-0.25, -0.2) is 9.78 Å². The number of fused-ring (bicyclic) bond motifs is 2. The van der Waals surface area contributed by atoms with Gasteiger partial charge in [-0.05, 0) is 18.2 Å². The first kappa shape index (κ1) is 13.8. The summed E-state index contributed by atoms with van der Waals surface area (Å²) in [6, 6.07) is 11.0. The number of pyridine rings is 1. The van der Waals surface area contributed by atoms with Gasteiger partial charge in [0, 0.05) is 17.8 Å². The van der Waals surface area contributed by atoms with Crippen LogP contribution >= 0.6 is 11.6 Å². The molecule has 0 saturated heterocycles. The number of aromatic nitrogens is 4. The third-order valence-corrected chi connectivity index (χ3v) is 3.70. The zero-order valence-corrected chi connectivity index (χ0v) is 12.6.